The molecule has 144 valence electrons. The fourth-order valence-corrected chi connectivity index (χ4v) is 3.97. The van der Waals surface area contributed by atoms with Gasteiger partial charge >= 0.3 is 0 Å². The van der Waals surface area contributed by atoms with Gasteiger partial charge in [-0.05, 0) is 37.6 Å². The van der Waals surface area contributed by atoms with Gasteiger partial charge in [0.05, 0.1) is 17.9 Å². The van der Waals surface area contributed by atoms with E-state index in [1.807, 2.05) is 0 Å². The fraction of sp³-hybridized carbons (Fsp3) is 0.526. The highest BCUT2D eigenvalue weighted by Crippen LogP contribution is 2.24. The number of fused-ring (bicyclic) bond motifs is 1. The van der Waals surface area contributed by atoms with Crippen molar-refractivity contribution in [1.82, 2.24) is 20.0 Å². The highest BCUT2D eigenvalue weighted by molar-refractivity contribution is 5.85. The van der Waals surface area contributed by atoms with Crippen LogP contribution in [0.2, 0.25) is 0 Å². The van der Waals surface area contributed by atoms with Crippen molar-refractivity contribution < 1.29 is 0 Å². The Kier molecular flexibility index (Phi) is 7.77. The topological polar surface area (TPSA) is 36.3 Å². The van der Waals surface area contributed by atoms with Gasteiger partial charge < -0.3 is 15.1 Å². The summed E-state index contributed by atoms with van der Waals surface area (Å²) in [7, 11) is 2.22. The predicted molar refractivity (Wildman–Crippen MR) is 112 cm³/mol. The molecule has 1 aromatic heterocycles. The molecule has 2 aromatic rings. The van der Waals surface area contributed by atoms with Crippen molar-refractivity contribution >= 4 is 30.5 Å². The first-order valence-corrected chi connectivity index (χ1v) is 9.03. The maximum absolute atomic E-state index is 4.75. The molecular formula is C19H29Cl2N5. The van der Waals surface area contributed by atoms with E-state index >= 15 is 0 Å². The summed E-state index contributed by atoms with van der Waals surface area (Å²) in [5.74, 6) is 0.745. The number of anilines is 1. The third-order valence-corrected chi connectivity index (χ3v) is 5.13. The largest absolute Gasteiger partial charge is 0.371 e. The quantitative estimate of drug-likeness (QED) is 0.841. The Hall–Kier alpha value is -1.27. The molecule has 1 atom stereocenters. The second kappa shape index (κ2) is 9.60. The summed E-state index contributed by atoms with van der Waals surface area (Å²) < 4.78 is 2.16. The SMILES string of the molecule is CN(Cc1cc2n(n1)CCNC2)CC1CCN(c2ccccc2)C1.Cl.Cl. The molecule has 1 saturated heterocycles. The monoisotopic (exact) mass is 397 g/mol. The molecule has 2 aliphatic heterocycles. The molecule has 0 radical (unpaired) electrons. The zero-order valence-electron chi connectivity index (χ0n) is 15.3. The first-order chi connectivity index (χ1) is 11.8. The molecule has 1 unspecified atom stereocenters. The summed E-state index contributed by atoms with van der Waals surface area (Å²) in [6.45, 7) is 7.40. The Labute approximate surface area is 168 Å². The van der Waals surface area contributed by atoms with Crippen LogP contribution >= 0.6 is 24.8 Å². The minimum Gasteiger partial charge on any atom is -0.371 e. The van der Waals surface area contributed by atoms with Crippen molar-refractivity contribution in [3.05, 3.63) is 47.8 Å². The lowest BCUT2D eigenvalue weighted by Gasteiger charge is -2.22. The Balaban J connectivity index is 0.00000121. The van der Waals surface area contributed by atoms with Crippen LogP contribution in [0.3, 0.4) is 0 Å². The Morgan fingerprint density at radius 2 is 2.00 bits per heavy atom. The van der Waals surface area contributed by atoms with E-state index in [2.05, 4.69) is 63.2 Å². The molecule has 0 spiro atoms. The van der Waals surface area contributed by atoms with Crippen molar-refractivity contribution in [2.75, 3.05) is 38.1 Å². The molecule has 1 aromatic carbocycles. The van der Waals surface area contributed by atoms with Gasteiger partial charge in [-0.2, -0.15) is 5.10 Å². The number of para-hydroxylation sites is 1. The summed E-state index contributed by atoms with van der Waals surface area (Å²) in [6, 6.07) is 13.0. The third kappa shape index (κ3) is 4.92. The number of hydrogen-bond donors (Lipinski definition) is 1. The number of hydrogen-bond acceptors (Lipinski definition) is 4. The van der Waals surface area contributed by atoms with Crippen LogP contribution < -0.4 is 10.2 Å². The van der Waals surface area contributed by atoms with Crippen LogP contribution in [0.5, 0.6) is 0 Å². The summed E-state index contributed by atoms with van der Waals surface area (Å²) in [4.78, 5) is 4.94. The van der Waals surface area contributed by atoms with E-state index in [1.54, 1.807) is 0 Å². The lowest BCUT2D eigenvalue weighted by molar-refractivity contribution is 0.275. The molecule has 5 nitrogen and oxygen atoms in total. The molecule has 26 heavy (non-hydrogen) atoms. The standard InChI is InChI=1S/C19H27N5.2ClH/c1-22(15-17-11-19-12-20-8-10-24(19)21-17)13-16-7-9-23(14-16)18-5-3-2-4-6-18;;/h2-6,11,16,20H,7-10,12-15H2,1H3;2*1H. The summed E-state index contributed by atoms with van der Waals surface area (Å²) in [6.07, 6.45) is 1.28. The second-order valence-electron chi connectivity index (χ2n) is 7.16. The van der Waals surface area contributed by atoms with Crippen LogP contribution in [-0.4, -0.2) is 47.9 Å². The number of nitrogens with one attached hydrogen (secondary N) is 1. The summed E-state index contributed by atoms with van der Waals surface area (Å²) >= 11 is 0. The Bertz CT molecular complexity index is 652. The molecule has 2 aliphatic rings. The van der Waals surface area contributed by atoms with Crippen molar-refractivity contribution in [3.8, 4) is 0 Å². The fourth-order valence-electron chi connectivity index (χ4n) is 3.97. The molecule has 1 fully saturated rings. The minimum absolute atomic E-state index is 0. The predicted octanol–water partition coefficient (Wildman–Crippen LogP) is 2.79. The van der Waals surface area contributed by atoms with Crippen molar-refractivity contribution in [3.63, 3.8) is 0 Å². The number of nitrogens with zero attached hydrogens (tertiary/aromatic N) is 4. The molecule has 4 rings (SSSR count). The van der Waals surface area contributed by atoms with Gasteiger partial charge in [-0.3, -0.25) is 4.68 Å². The zero-order chi connectivity index (χ0) is 16.4. The minimum atomic E-state index is 0. The lowest BCUT2D eigenvalue weighted by atomic mass is 10.1. The van der Waals surface area contributed by atoms with Gasteiger partial charge in [0, 0.05) is 45.0 Å². The van der Waals surface area contributed by atoms with Crippen molar-refractivity contribution in [1.29, 1.82) is 0 Å². The van der Waals surface area contributed by atoms with Crippen LogP contribution in [0.25, 0.3) is 0 Å². The first kappa shape index (κ1) is 21.0. The maximum atomic E-state index is 4.75. The van der Waals surface area contributed by atoms with Gasteiger partial charge in [0.25, 0.3) is 0 Å². The van der Waals surface area contributed by atoms with E-state index < -0.39 is 0 Å². The Morgan fingerprint density at radius 1 is 1.19 bits per heavy atom. The van der Waals surface area contributed by atoms with E-state index in [-0.39, 0.29) is 24.8 Å². The van der Waals surface area contributed by atoms with Crippen LogP contribution in [0, 0.1) is 5.92 Å². The molecule has 0 amide bonds. The van der Waals surface area contributed by atoms with Gasteiger partial charge in [0.15, 0.2) is 0 Å². The van der Waals surface area contributed by atoms with E-state index in [4.69, 9.17) is 5.10 Å². The normalized spacial score (nSPS) is 19.0. The van der Waals surface area contributed by atoms with Crippen molar-refractivity contribution in [2.45, 2.75) is 26.1 Å². The maximum Gasteiger partial charge on any atom is 0.0768 e. The zero-order valence-corrected chi connectivity index (χ0v) is 16.9. The Morgan fingerprint density at radius 3 is 2.77 bits per heavy atom. The lowest BCUT2D eigenvalue weighted by Crippen LogP contribution is -2.28. The molecule has 7 heteroatoms. The first-order valence-electron chi connectivity index (χ1n) is 9.03. The number of halogens is 2. The van der Waals surface area contributed by atoms with E-state index in [1.165, 1.54) is 30.0 Å². The number of rotatable bonds is 5. The van der Waals surface area contributed by atoms with E-state index in [0.717, 1.165) is 45.2 Å². The molecular weight excluding hydrogens is 369 g/mol. The number of aromatic nitrogens is 2. The molecule has 0 aliphatic carbocycles. The second-order valence-corrected chi connectivity index (χ2v) is 7.16. The van der Waals surface area contributed by atoms with Crippen LogP contribution in [0.15, 0.2) is 36.4 Å². The summed E-state index contributed by atoms with van der Waals surface area (Å²) in [5.41, 5.74) is 3.88. The highest BCUT2D eigenvalue weighted by atomic mass is 35.5. The van der Waals surface area contributed by atoms with Crippen molar-refractivity contribution in [2.24, 2.45) is 5.92 Å². The molecule has 0 saturated carbocycles. The molecule has 1 N–H and O–H groups in total. The highest BCUT2D eigenvalue weighted by Gasteiger charge is 2.24. The van der Waals surface area contributed by atoms with Gasteiger partial charge in [-0.15, -0.1) is 24.8 Å². The van der Waals surface area contributed by atoms with Gasteiger partial charge in [0.1, 0.15) is 0 Å². The average molecular weight is 398 g/mol. The molecule has 0 bridgehead atoms. The van der Waals surface area contributed by atoms with Crippen LogP contribution in [0.4, 0.5) is 5.69 Å². The van der Waals surface area contributed by atoms with Gasteiger partial charge in [-0.1, -0.05) is 18.2 Å². The number of benzene rings is 1. The van der Waals surface area contributed by atoms with E-state index in [0.29, 0.717) is 0 Å². The third-order valence-electron chi connectivity index (χ3n) is 5.13. The average Bonchev–Trinajstić information content (AvgIpc) is 3.21. The smallest absolute Gasteiger partial charge is 0.0768 e. The summed E-state index contributed by atoms with van der Waals surface area (Å²) in [5, 5.41) is 8.16. The van der Waals surface area contributed by atoms with Crippen LogP contribution in [0.1, 0.15) is 17.8 Å². The molecule has 3 heterocycles. The van der Waals surface area contributed by atoms with Crippen LogP contribution in [-0.2, 0) is 19.6 Å². The van der Waals surface area contributed by atoms with E-state index in [9.17, 15) is 0 Å². The van der Waals surface area contributed by atoms with Gasteiger partial charge in [-0.25, -0.2) is 0 Å². The van der Waals surface area contributed by atoms with Gasteiger partial charge in [0.2, 0.25) is 0 Å².